The number of nitrogens with one attached hydrogen (secondary N) is 1. The number of carbonyl (C=O) groups excluding carboxylic acids is 1. The Kier molecular flexibility index (Phi) is 2.88. The number of carbonyl (C=O) groups is 1. The summed E-state index contributed by atoms with van der Waals surface area (Å²) >= 11 is 0. The van der Waals surface area contributed by atoms with Gasteiger partial charge in [-0.05, 0) is 54.2 Å². The molecule has 1 fully saturated rings. The highest BCUT2D eigenvalue weighted by Crippen LogP contribution is 2.42. The third-order valence-electron chi connectivity index (χ3n) is 5.09. The first kappa shape index (κ1) is 12.7. The molecule has 3 heteroatoms. The van der Waals surface area contributed by atoms with Crippen LogP contribution in [0.15, 0.2) is 42.6 Å². The molecular formula is C18H20N2O. The summed E-state index contributed by atoms with van der Waals surface area (Å²) in [6.45, 7) is 0.801. The van der Waals surface area contributed by atoms with E-state index in [2.05, 4.69) is 23.5 Å². The van der Waals surface area contributed by atoms with E-state index in [0.717, 1.165) is 23.5 Å². The molecule has 3 nitrogen and oxygen atoms in total. The molecule has 0 unspecified atom stereocenters. The van der Waals surface area contributed by atoms with Crippen molar-refractivity contribution in [1.29, 1.82) is 0 Å². The highest BCUT2D eigenvalue weighted by atomic mass is 16.1. The van der Waals surface area contributed by atoms with E-state index >= 15 is 0 Å². The lowest BCUT2D eigenvalue weighted by molar-refractivity contribution is 0.0945. The summed E-state index contributed by atoms with van der Waals surface area (Å²) < 4.78 is 2.05. The summed E-state index contributed by atoms with van der Waals surface area (Å²) in [7, 11) is 2.01. The van der Waals surface area contributed by atoms with Crippen LogP contribution in [0.25, 0.3) is 10.9 Å². The van der Waals surface area contributed by atoms with E-state index in [0.29, 0.717) is 11.8 Å². The summed E-state index contributed by atoms with van der Waals surface area (Å²) in [5, 5.41) is 4.29. The van der Waals surface area contributed by atoms with Gasteiger partial charge in [-0.25, -0.2) is 0 Å². The third-order valence-corrected chi connectivity index (χ3v) is 5.09. The molecule has 1 N–H and O–H groups in total. The van der Waals surface area contributed by atoms with Gasteiger partial charge in [0.25, 0.3) is 5.91 Å². The molecule has 1 heterocycles. The molecule has 2 aliphatic rings. The molecule has 1 aromatic heterocycles. The monoisotopic (exact) mass is 280 g/mol. The van der Waals surface area contributed by atoms with Crippen LogP contribution in [0.1, 0.15) is 23.2 Å². The lowest BCUT2D eigenvalue weighted by atomic mass is 9.93. The SMILES string of the molecule is Cn1ccc2ccc(C(=O)NC[C@@H]3C[C@H]4C=C[C@H]3C4)cc21. The van der Waals surface area contributed by atoms with Gasteiger partial charge in [-0.3, -0.25) is 4.79 Å². The zero-order valence-electron chi connectivity index (χ0n) is 12.3. The van der Waals surface area contributed by atoms with Crippen molar-refractivity contribution in [3.63, 3.8) is 0 Å². The van der Waals surface area contributed by atoms with Gasteiger partial charge in [0, 0.05) is 30.9 Å². The maximum absolute atomic E-state index is 12.3. The normalized spacial score (nSPS) is 26.6. The molecule has 1 saturated carbocycles. The fraction of sp³-hybridized carbons (Fsp3) is 0.389. The summed E-state index contributed by atoms with van der Waals surface area (Å²) in [6, 6.07) is 7.98. The van der Waals surface area contributed by atoms with E-state index in [1.54, 1.807) is 0 Å². The van der Waals surface area contributed by atoms with Crippen molar-refractivity contribution in [2.75, 3.05) is 6.54 Å². The van der Waals surface area contributed by atoms with Crippen molar-refractivity contribution >= 4 is 16.8 Å². The number of rotatable bonds is 3. The summed E-state index contributed by atoms with van der Waals surface area (Å²) in [6.07, 6.45) is 9.22. The van der Waals surface area contributed by atoms with E-state index < -0.39 is 0 Å². The standard InChI is InChI=1S/C18H20N2O/c1-20-7-6-13-4-5-15(10-17(13)20)18(21)19-11-16-9-12-2-3-14(16)8-12/h2-7,10,12,14,16H,8-9,11H2,1H3,(H,19,21)/t12-,14-,16-/m0/s1. The van der Waals surface area contributed by atoms with Crippen LogP contribution < -0.4 is 5.32 Å². The van der Waals surface area contributed by atoms with Crippen molar-refractivity contribution < 1.29 is 4.79 Å². The van der Waals surface area contributed by atoms with Crippen LogP contribution in [0.5, 0.6) is 0 Å². The predicted octanol–water partition coefficient (Wildman–Crippen LogP) is 3.12. The minimum absolute atomic E-state index is 0.0462. The maximum atomic E-state index is 12.3. The molecule has 1 amide bonds. The number of benzene rings is 1. The fourth-order valence-electron chi connectivity index (χ4n) is 3.86. The molecule has 1 aromatic carbocycles. The minimum atomic E-state index is 0.0462. The van der Waals surface area contributed by atoms with Gasteiger partial charge in [0.2, 0.25) is 0 Å². The molecule has 2 aliphatic carbocycles. The first-order chi connectivity index (χ1) is 10.2. The van der Waals surface area contributed by atoms with Crippen LogP contribution in [0.4, 0.5) is 0 Å². The van der Waals surface area contributed by atoms with Crippen LogP contribution >= 0.6 is 0 Å². The molecular weight excluding hydrogens is 260 g/mol. The van der Waals surface area contributed by atoms with Crippen molar-refractivity contribution in [1.82, 2.24) is 9.88 Å². The number of amides is 1. The Hall–Kier alpha value is -2.03. The highest BCUT2D eigenvalue weighted by molar-refractivity contribution is 5.98. The van der Waals surface area contributed by atoms with Gasteiger partial charge in [0.15, 0.2) is 0 Å². The second-order valence-corrected chi connectivity index (χ2v) is 6.45. The van der Waals surface area contributed by atoms with Crippen molar-refractivity contribution in [2.45, 2.75) is 12.8 Å². The Morgan fingerprint density at radius 2 is 2.19 bits per heavy atom. The number of aryl methyl sites for hydroxylation is 1. The number of allylic oxidation sites excluding steroid dienone is 2. The van der Waals surface area contributed by atoms with Gasteiger partial charge in [0.1, 0.15) is 0 Å². The van der Waals surface area contributed by atoms with E-state index in [1.807, 2.05) is 36.0 Å². The molecule has 3 atom stereocenters. The van der Waals surface area contributed by atoms with E-state index in [9.17, 15) is 4.79 Å². The van der Waals surface area contributed by atoms with Crippen LogP contribution in [0, 0.1) is 17.8 Å². The van der Waals surface area contributed by atoms with Crippen molar-refractivity contribution in [3.8, 4) is 0 Å². The second-order valence-electron chi connectivity index (χ2n) is 6.45. The molecule has 0 spiro atoms. The van der Waals surface area contributed by atoms with E-state index in [4.69, 9.17) is 0 Å². The van der Waals surface area contributed by atoms with Crippen molar-refractivity contribution in [3.05, 3.63) is 48.2 Å². The predicted molar refractivity (Wildman–Crippen MR) is 84.1 cm³/mol. The highest BCUT2D eigenvalue weighted by Gasteiger charge is 2.35. The number of aromatic nitrogens is 1. The summed E-state index contributed by atoms with van der Waals surface area (Å²) in [5.41, 5.74) is 1.86. The van der Waals surface area contributed by atoms with Gasteiger partial charge in [-0.2, -0.15) is 0 Å². The number of fused-ring (bicyclic) bond motifs is 3. The fourth-order valence-corrected chi connectivity index (χ4v) is 3.86. The van der Waals surface area contributed by atoms with E-state index in [1.165, 1.54) is 18.2 Å². The number of nitrogens with zero attached hydrogens (tertiary/aromatic N) is 1. The Labute approximate surface area is 124 Å². The Morgan fingerprint density at radius 3 is 2.95 bits per heavy atom. The average molecular weight is 280 g/mol. The first-order valence-corrected chi connectivity index (χ1v) is 7.72. The van der Waals surface area contributed by atoms with Crippen LogP contribution in [0.3, 0.4) is 0 Å². The molecule has 0 aliphatic heterocycles. The van der Waals surface area contributed by atoms with Crippen LogP contribution in [-0.2, 0) is 7.05 Å². The van der Waals surface area contributed by atoms with Gasteiger partial charge < -0.3 is 9.88 Å². The molecule has 2 aromatic rings. The minimum Gasteiger partial charge on any atom is -0.352 e. The zero-order valence-corrected chi connectivity index (χ0v) is 12.3. The lowest BCUT2D eigenvalue weighted by Gasteiger charge is -2.18. The number of hydrogen-bond acceptors (Lipinski definition) is 1. The Balaban J connectivity index is 1.46. The van der Waals surface area contributed by atoms with Gasteiger partial charge in [0.05, 0.1) is 0 Å². The number of hydrogen-bond donors (Lipinski definition) is 1. The lowest BCUT2D eigenvalue weighted by Crippen LogP contribution is -2.30. The summed E-state index contributed by atoms with van der Waals surface area (Å²) in [4.78, 5) is 12.3. The maximum Gasteiger partial charge on any atom is 0.251 e. The molecule has 108 valence electrons. The van der Waals surface area contributed by atoms with Gasteiger partial charge >= 0.3 is 0 Å². The van der Waals surface area contributed by atoms with Crippen LogP contribution in [-0.4, -0.2) is 17.0 Å². The zero-order chi connectivity index (χ0) is 14.4. The summed E-state index contributed by atoms with van der Waals surface area (Å²) in [5.74, 6) is 2.12. The van der Waals surface area contributed by atoms with Crippen molar-refractivity contribution in [2.24, 2.45) is 24.8 Å². The van der Waals surface area contributed by atoms with Crippen LogP contribution in [0.2, 0.25) is 0 Å². The van der Waals surface area contributed by atoms with E-state index in [-0.39, 0.29) is 5.91 Å². The molecule has 2 bridgehead atoms. The average Bonchev–Trinajstić information content (AvgIpc) is 3.20. The molecule has 0 radical (unpaired) electrons. The molecule has 4 rings (SSSR count). The topological polar surface area (TPSA) is 34.0 Å². The quantitative estimate of drug-likeness (QED) is 0.861. The smallest absolute Gasteiger partial charge is 0.251 e. The first-order valence-electron chi connectivity index (χ1n) is 7.72. The van der Waals surface area contributed by atoms with Gasteiger partial charge in [-0.15, -0.1) is 0 Å². The second kappa shape index (κ2) is 4.76. The Morgan fingerprint density at radius 1 is 1.29 bits per heavy atom. The largest absolute Gasteiger partial charge is 0.352 e. The molecule has 0 saturated heterocycles. The van der Waals surface area contributed by atoms with Gasteiger partial charge in [-0.1, -0.05) is 18.2 Å². The Bertz CT molecular complexity index is 728. The molecule has 21 heavy (non-hydrogen) atoms. The third kappa shape index (κ3) is 2.17.